The molecule has 0 saturated carbocycles. The summed E-state index contributed by atoms with van der Waals surface area (Å²) >= 11 is 0. The van der Waals surface area contributed by atoms with E-state index < -0.39 is 0 Å². The summed E-state index contributed by atoms with van der Waals surface area (Å²) in [7, 11) is 0. The fourth-order valence-electron chi connectivity index (χ4n) is 3.40. The third-order valence-corrected chi connectivity index (χ3v) is 4.70. The SMILES string of the molecule is OC[C@@H]1CN(Cc2ccccc2)C[C@H]1c1nc(-c2ccncc2)no1. The average molecular weight is 336 g/mol. The molecule has 3 heterocycles. The minimum absolute atomic E-state index is 0.0526. The van der Waals surface area contributed by atoms with Crippen molar-refractivity contribution in [1.29, 1.82) is 0 Å². The highest BCUT2D eigenvalue weighted by Gasteiger charge is 2.37. The lowest BCUT2D eigenvalue weighted by Gasteiger charge is -2.15. The highest BCUT2D eigenvalue weighted by Crippen LogP contribution is 2.33. The van der Waals surface area contributed by atoms with Gasteiger partial charge in [-0.05, 0) is 17.7 Å². The number of hydrogen-bond donors (Lipinski definition) is 1. The van der Waals surface area contributed by atoms with Crippen molar-refractivity contribution in [3.8, 4) is 11.4 Å². The van der Waals surface area contributed by atoms with Crippen LogP contribution < -0.4 is 0 Å². The molecule has 1 fully saturated rings. The third-order valence-electron chi connectivity index (χ3n) is 4.70. The topological polar surface area (TPSA) is 75.3 Å². The minimum Gasteiger partial charge on any atom is -0.396 e. The van der Waals surface area contributed by atoms with Crippen LogP contribution in [0.1, 0.15) is 17.4 Å². The minimum atomic E-state index is 0.0526. The van der Waals surface area contributed by atoms with Gasteiger partial charge in [0.1, 0.15) is 0 Å². The lowest BCUT2D eigenvalue weighted by atomic mass is 9.97. The maximum absolute atomic E-state index is 9.78. The number of rotatable bonds is 5. The molecule has 0 unspecified atom stereocenters. The molecule has 4 rings (SSSR count). The van der Waals surface area contributed by atoms with Crippen LogP contribution in [0.15, 0.2) is 59.4 Å². The zero-order valence-corrected chi connectivity index (χ0v) is 13.8. The van der Waals surface area contributed by atoms with Gasteiger partial charge in [0.25, 0.3) is 0 Å². The number of benzene rings is 1. The number of likely N-dealkylation sites (tertiary alicyclic amines) is 1. The van der Waals surface area contributed by atoms with E-state index in [2.05, 4.69) is 32.2 Å². The number of aromatic nitrogens is 3. The molecule has 0 bridgehead atoms. The molecule has 1 saturated heterocycles. The van der Waals surface area contributed by atoms with Gasteiger partial charge in [-0.3, -0.25) is 9.88 Å². The third kappa shape index (κ3) is 3.45. The Bertz CT molecular complexity index is 807. The summed E-state index contributed by atoms with van der Waals surface area (Å²) in [6.45, 7) is 2.60. The van der Waals surface area contributed by atoms with Gasteiger partial charge in [0.15, 0.2) is 0 Å². The lowest BCUT2D eigenvalue weighted by molar-refractivity contribution is 0.205. The predicted octanol–water partition coefficient (Wildman–Crippen LogP) is 2.34. The molecule has 0 aliphatic carbocycles. The highest BCUT2D eigenvalue weighted by molar-refractivity contribution is 5.52. The van der Waals surface area contributed by atoms with E-state index in [0.717, 1.165) is 25.2 Å². The first kappa shape index (κ1) is 15.9. The van der Waals surface area contributed by atoms with E-state index in [4.69, 9.17) is 4.52 Å². The summed E-state index contributed by atoms with van der Waals surface area (Å²) in [5.41, 5.74) is 2.15. The maximum Gasteiger partial charge on any atom is 0.231 e. The number of pyridine rings is 1. The van der Waals surface area contributed by atoms with E-state index in [1.54, 1.807) is 12.4 Å². The van der Waals surface area contributed by atoms with Crippen LogP contribution in [0.2, 0.25) is 0 Å². The first-order valence-electron chi connectivity index (χ1n) is 8.44. The Labute approximate surface area is 146 Å². The Morgan fingerprint density at radius 1 is 1.08 bits per heavy atom. The normalized spacial score (nSPS) is 20.8. The van der Waals surface area contributed by atoms with E-state index in [0.29, 0.717) is 11.7 Å². The Balaban J connectivity index is 1.50. The van der Waals surface area contributed by atoms with Crippen LogP contribution in [0, 0.1) is 5.92 Å². The fourth-order valence-corrected chi connectivity index (χ4v) is 3.40. The fraction of sp³-hybridized carbons (Fsp3) is 0.316. The highest BCUT2D eigenvalue weighted by atomic mass is 16.5. The molecule has 1 N–H and O–H groups in total. The zero-order chi connectivity index (χ0) is 17.1. The lowest BCUT2D eigenvalue weighted by Crippen LogP contribution is -2.20. The molecule has 0 spiro atoms. The van der Waals surface area contributed by atoms with Crippen molar-refractivity contribution in [2.45, 2.75) is 12.5 Å². The van der Waals surface area contributed by atoms with Crippen LogP contribution in [0.3, 0.4) is 0 Å². The van der Waals surface area contributed by atoms with Gasteiger partial charge in [-0.15, -0.1) is 0 Å². The van der Waals surface area contributed by atoms with E-state index in [1.165, 1.54) is 5.56 Å². The van der Waals surface area contributed by atoms with Crippen LogP contribution in [-0.4, -0.2) is 44.8 Å². The monoisotopic (exact) mass is 336 g/mol. The summed E-state index contributed by atoms with van der Waals surface area (Å²) in [5.74, 6) is 1.32. The number of aliphatic hydroxyl groups is 1. The largest absolute Gasteiger partial charge is 0.396 e. The molecule has 0 amide bonds. The first-order chi connectivity index (χ1) is 12.3. The smallest absolute Gasteiger partial charge is 0.231 e. The van der Waals surface area contributed by atoms with Crippen molar-refractivity contribution in [3.63, 3.8) is 0 Å². The van der Waals surface area contributed by atoms with Gasteiger partial charge in [0.05, 0.1) is 5.92 Å². The zero-order valence-electron chi connectivity index (χ0n) is 13.8. The van der Waals surface area contributed by atoms with Gasteiger partial charge in [0.2, 0.25) is 11.7 Å². The van der Waals surface area contributed by atoms with Crippen molar-refractivity contribution < 1.29 is 9.63 Å². The standard InChI is InChI=1S/C19H20N4O2/c24-13-16-11-23(10-14-4-2-1-3-5-14)12-17(16)19-21-18(22-25-19)15-6-8-20-9-7-15/h1-9,16-17,24H,10-13H2/t16-,17+/m0/s1. The van der Waals surface area contributed by atoms with Crippen molar-refractivity contribution in [1.82, 2.24) is 20.0 Å². The van der Waals surface area contributed by atoms with Crippen molar-refractivity contribution in [2.75, 3.05) is 19.7 Å². The van der Waals surface area contributed by atoms with Gasteiger partial charge in [-0.25, -0.2) is 0 Å². The number of aliphatic hydroxyl groups excluding tert-OH is 1. The van der Waals surface area contributed by atoms with Gasteiger partial charge in [-0.2, -0.15) is 4.98 Å². The molecule has 2 atom stereocenters. The van der Waals surface area contributed by atoms with Crippen LogP contribution in [0.5, 0.6) is 0 Å². The van der Waals surface area contributed by atoms with Crippen LogP contribution in [0.4, 0.5) is 0 Å². The Morgan fingerprint density at radius 3 is 2.64 bits per heavy atom. The second kappa shape index (κ2) is 7.13. The summed E-state index contributed by atoms with van der Waals surface area (Å²) in [5, 5.41) is 13.9. The van der Waals surface area contributed by atoms with E-state index in [1.807, 2.05) is 30.3 Å². The van der Waals surface area contributed by atoms with Gasteiger partial charge < -0.3 is 9.63 Å². The number of hydrogen-bond acceptors (Lipinski definition) is 6. The molecule has 1 aliphatic heterocycles. The average Bonchev–Trinajstić information content (AvgIpc) is 3.30. The van der Waals surface area contributed by atoms with E-state index in [9.17, 15) is 5.11 Å². The quantitative estimate of drug-likeness (QED) is 0.771. The Morgan fingerprint density at radius 2 is 1.88 bits per heavy atom. The van der Waals surface area contributed by atoms with Crippen molar-refractivity contribution in [3.05, 3.63) is 66.3 Å². The van der Waals surface area contributed by atoms with Gasteiger partial charge >= 0.3 is 0 Å². The molecule has 1 aromatic carbocycles. The van der Waals surface area contributed by atoms with Crippen molar-refractivity contribution >= 4 is 0 Å². The molecule has 6 nitrogen and oxygen atoms in total. The van der Waals surface area contributed by atoms with E-state index >= 15 is 0 Å². The second-order valence-corrected chi connectivity index (χ2v) is 6.42. The Kier molecular flexibility index (Phi) is 4.54. The molecule has 128 valence electrons. The molecule has 2 aromatic heterocycles. The molecule has 3 aromatic rings. The van der Waals surface area contributed by atoms with Crippen molar-refractivity contribution in [2.24, 2.45) is 5.92 Å². The van der Waals surface area contributed by atoms with Crippen LogP contribution in [0.25, 0.3) is 11.4 Å². The molecular formula is C19H20N4O2. The molecule has 6 heteroatoms. The molecular weight excluding hydrogens is 316 g/mol. The first-order valence-corrected chi connectivity index (χ1v) is 8.44. The predicted molar refractivity (Wildman–Crippen MR) is 92.6 cm³/mol. The summed E-state index contributed by atoms with van der Waals surface area (Å²) in [6.07, 6.45) is 3.41. The molecule has 1 aliphatic rings. The van der Waals surface area contributed by atoms with Gasteiger partial charge in [-0.1, -0.05) is 35.5 Å². The number of nitrogens with zero attached hydrogens (tertiary/aromatic N) is 4. The molecule has 25 heavy (non-hydrogen) atoms. The summed E-state index contributed by atoms with van der Waals surface area (Å²) in [6, 6.07) is 14.1. The molecule has 0 radical (unpaired) electrons. The van der Waals surface area contributed by atoms with Crippen LogP contribution in [-0.2, 0) is 6.54 Å². The maximum atomic E-state index is 9.78. The Hall–Kier alpha value is -2.57. The van der Waals surface area contributed by atoms with E-state index in [-0.39, 0.29) is 18.4 Å². The van der Waals surface area contributed by atoms with Crippen LogP contribution >= 0.6 is 0 Å². The summed E-state index contributed by atoms with van der Waals surface area (Å²) in [4.78, 5) is 10.9. The summed E-state index contributed by atoms with van der Waals surface area (Å²) < 4.78 is 5.51. The second-order valence-electron chi connectivity index (χ2n) is 6.42. The van der Waals surface area contributed by atoms with Gasteiger partial charge in [0, 0.05) is 50.1 Å².